The Balaban J connectivity index is 2.19. The minimum atomic E-state index is -4.84. The summed E-state index contributed by atoms with van der Waals surface area (Å²) in [4.78, 5) is 10.5. The van der Waals surface area contributed by atoms with E-state index >= 15 is 0 Å². The first kappa shape index (κ1) is 20.0. The van der Waals surface area contributed by atoms with E-state index in [1.807, 2.05) is 0 Å². The monoisotopic (exact) mass is 434 g/mol. The van der Waals surface area contributed by atoms with Crippen molar-refractivity contribution < 1.29 is 26.3 Å². The van der Waals surface area contributed by atoms with Crippen molar-refractivity contribution in [2.75, 3.05) is 7.11 Å². The van der Waals surface area contributed by atoms with Gasteiger partial charge in [-0.3, -0.25) is 0 Å². The Morgan fingerprint density at radius 1 is 1.21 bits per heavy atom. The van der Waals surface area contributed by atoms with Crippen molar-refractivity contribution >= 4 is 21.6 Å². The Morgan fingerprint density at radius 2 is 1.86 bits per heavy atom. The van der Waals surface area contributed by atoms with Gasteiger partial charge in [0.05, 0.1) is 24.5 Å². The van der Waals surface area contributed by atoms with Crippen LogP contribution in [0.1, 0.15) is 5.82 Å². The lowest BCUT2D eigenvalue weighted by atomic mass is 10.2. The van der Waals surface area contributed by atoms with Crippen molar-refractivity contribution in [3.8, 4) is 23.1 Å². The number of rotatable bonds is 4. The number of ether oxygens (including phenoxy) is 1. The van der Waals surface area contributed by atoms with Gasteiger partial charge in [0.25, 0.3) is 11.8 Å². The van der Waals surface area contributed by atoms with E-state index in [9.17, 15) is 21.6 Å². The quantitative estimate of drug-likeness (QED) is 0.665. The third kappa shape index (κ3) is 3.90. The van der Waals surface area contributed by atoms with Gasteiger partial charge in [0.2, 0.25) is 10.0 Å². The molecule has 0 fully saturated rings. The van der Waals surface area contributed by atoms with Crippen LogP contribution < -0.4 is 9.88 Å². The van der Waals surface area contributed by atoms with Crippen LogP contribution in [0, 0.1) is 0 Å². The molecule has 0 atom stereocenters. The highest BCUT2D eigenvalue weighted by Crippen LogP contribution is 2.33. The second-order valence-corrected chi connectivity index (χ2v) is 7.25. The van der Waals surface area contributed by atoms with Crippen LogP contribution in [0.2, 0.25) is 5.02 Å². The maximum Gasteiger partial charge on any atom is 0.453 e. The highest BCUT2D eigenvalue weighted by Gasteiger charge is 2.38. The van der Waals surface area contributed by atoms with Gasteiger partial charge in [-0.25, -0.2) is 28.5 Å². The van der Waals surface area contributed by atoms with Gasteiger partial charge in [-0.05, 0) is 18.2 Å². The van der Waals surface area contributed by atoms with Gasteiger partial charge >= 0.3 is 6.18 Å². The van der Waals surface area contributed by atoms with E-state index in [0.29, 0.717) is 0 Å². The molecule has 0 saturated carbocycles. The van der Waals surface area contributed by atoms with Crippen molar-refractivity contribution in [1.82, 2.24) is 24.7 Å². The van der Waals surface area contributed by atoms with Crippen LogP contribution in [-0.4, -0.2) is 40.3 Å². The van der Waals surface area contributed by atoms with E-state index in [2.05, 4.69) is 20.1 Å². The predicted molar refractivity (Wildman–Crippen MR) is 90.3 cm³/mol. The van der Waals surface area contributed by atoms with E-state index in [1.165, 1.54) is 25.3 Å². The average molecular weight is 435 g/mol. The van der Waals surface area contributed by atoms with Crippen molar-refractivity contribution in [1.29, 1.82) is 0 Å². The number of methoxy groups -OCH3 is 1. The van der Waals surface area contributed by atoms with Crippen molar-refractivity contribution in [3.63, 3.8) is 0 Å². The van der Waals surface area contributed by atoms with Gasteiger partial charge in [-0.15, -0.1) is 5.10 Å². The normalized spacial score (nSPS) is 12.2. The third-order valence-corrected chi connectivity index (χ3v) is 4.58. The second kappa shape index (κ2) is 7.00. The van der Waals surface area contributed by atoms with Crippen LogP contribution in [0.4, 0.5) is 13.2 Å². The Labute approximate surface area is 161 Å². The van der Waals surface area contributed by atoms with Gasteiger partial charge < -0.3 is 4.74 Å². The summed E-state index contributed by atoms with van der Waals surface area (Å²) < 4.78 is 67.7. The molecule has 148 valence electrons. The molecule has 2 aromatic heterocycles. The second-order valence-electron chi connectivity index (χ2n) is 5.28. The lowest BCUT2D eigenvalue weighted by molar-refractivity contribution is -0.144. The van der Waals surface area contributed by atoms with Crippen LogP contribution >= 0.6 is 11.6 Å². The summed E-state index contributed by atoms with van der Waals surface area (Å²) >= 11 is 5.94. The molecule has 14 heteroatoms. The minimum Gasteiger partial charge on any atom is -0.495 e. The number of nitrogens with two attached hydrogens (primary N) is 1. The molecule has 28 heavy (non-hydrogen) atoms. The molecule has 0 bridgehead atoms. The van der Waals surface area contributed by atoms with Gasteiger partial charge in [0.1, 0.15) is 10.6 Å². The first-order valence-corrected chi connectivity index (χ1v) is 9.16. The molecule has 0 aliphatic heterocycles. The van der Waals surface area contributed by atoms with E-state index < -0.39 is 26.9 Å². The molecule has 0 radical (unpaired) electrons. The molecule has 0 amide bonds. The number of nitrogens with zero attached hydrogens (tertiary/aromatic N) is 5. The standard InChI is InChI=1S/C14H10ClF3N6O3S/c1-27-10-4-7(2-3-9(10)15)11-22-12(14(16,17)18)23-24(11)13-20-5-8(6-21-13)28(19,25)26/h2-6H,1H3,(H2,19,25,26). The SMILES string of the molecule is COc1cc(-c2nc(C(F)(F)F)nn2-c2ncc(S(N)(=O)=O)cn2)ccc1Cl. The number of alkyl halides is 3. The zero-order valence-electron chi connectivity index (χ0n) is 13.8. The molecular weight excluding hydrogens is 425 g/mol. The summed E-state index contributed by atoms with van der Waals surface area (Å²) in [6, 6.07) is 4.18. The van der Waals surface area contributed by atoms with Crippen LogP contribution in [-0.2, 0) is 16.2 Å². The number of sulfonamides is 1. The summed E-state index contributed by atoms with van der Waals surface area (Å²) in [6.07, 6.45) is -3.14. The summed E-state index contributed by atoms with van der Waals surface area (Å²) in [7, 11) is -2.74. The van der Waals surface area contributed by atoms with E-state index in [4.69, 9.17) is 21.5 Å². The number of hydrogen-bond donors (Lipinski definition) is 1. The zero-order chi connectivity index (χ0) is 20.7. The summed E-state index contributed by atoms with van der Waals surface area (Å²) in [5.74, 6) is -1.84. The topological polar surface area (TPSA) is 126 Å². The smallest absolute Gasteiger partial charge is 0.453 e. The first-order chi connectivity index (χ1) is 13.0. The summed E-state index contributed by atoms with van der Waals surface area (Å²) in [6.45, 7) is 0. The number of primary sulfonamides is 1. The Hall–Kier alpha value is -2.77. The van der Waals surface area contributed by atoms with Crippen LogP contribution in [0.5, 0.6) is 5.75 Å². The van der Waals surface area contributed by atoms with Crippen LogP contribution in [0.3, 0.4) is 0 Å². The maximum absolute atomic E-state index is 13.1. The molecule has 1 aromatic carbocycles. The number of aromatic nitrogens is 5. The highest BCUT2D eigenvalue weighted by atomic mass is 35.5. The lowest BCUT2D eigenvalue weighted by Crippen LogP contribution is -2.14. The lowest BCUT2D eigenvalue weighted by Gasteiger charge is -2.07. The molecule has 2 heterocycles. The van der Waals surface area contributed by atoms with E-state index in [-0.39, 0.29) is 28.1 Å². The Morgan fingerprint density at radius 3 is 2.39 bits per heavy atom. The Kier molecular flexibility index (Phi) is 4.99. The molecule has 3 aromatic rings. The molecule has 0 saturated heterocycles. The van der Waals surface area contributed by atoms with Gasteiger partial charge in [-0.2, -0.15) is 17.9 Å². The number of halogens is 4. The van der Waals surface area contributed by atoms with Crippen molar-refractivity contribution in [2.24, 2.45) is 5.14 Å². The molecular formula is C14H10ClF3N6O3S. The molecule has 0 aliphatic rings. The first-order valence-electron chi connectivity index (χ1n) is 7.24. The van der Waals surface area contributed by atoms with Crippen LogP contribution in [0.25, 0.3) is 17.3 Å². The zero-order valence-corrected chi connectivity index (χ0v) is 15.4. The summed E-state index contributed by atoms with van der Waals surface area (Å²) in [5, 5.41) is 8.59. The van der Waals surface area contributed by atoms with Gasteiger partial charge in [0.15, 0.2) is 5.82 Å². The fraction of sp³-hybridized carbons (Fsp3) is 0.143. The minimum absolute atomic E-state index is 0.184. The highest BCUT2D eigenvalue weighted by molar-refractivity contribution is 7.89. The molecule has 0 aliphatic carbocycles. The number of benzene rings is 1. The predicted octanol–water partition coefficient (Wildman–Crippen LogP) is 2.05. The largest absolute Gasteiger partial charge is 0.495 e. The summed E-state index contributed by atoms with van der Waals surface area (Å²) in [5.41, 5.74) is 0.184. The Bertz CT molecular complexity index is 1130. The maximum atomic E-state index is 13.1. The molecule has 0 spiro atoms. The fourth-order valence-corrected chi connectivity index (χ4v) is 2.72. The molecule has 3 rings (SSSR count). The van der Waals surface area contributed by atoms with Gasteiger partial charge in [-0.1, -0.05) is 11.6 Å². The third-order valence-electron chi connectivity index (χ3n) is 3.40. The van der Waals surface area contributed by atoms with Gasteiger partial charge in [0, 0.05) is 5.56 Å². The fourth-order valence-electron chi connectivity index (χ4n) is 2.12. The van der Waals surface area contributed by atoms with Crippen molar-refractivity contribution in [2.45, 2.75) is 11.1 Å². The van der Waals surface area contributed by atoms with Crippen molar-refractivity contribution in [3.05, 3.63) is 41.4 Å². The molecule has 9 nitrogen and oxygen atoms in total. The average Bonchev–Trinajstić information content (AvgIpc) is 3.07. The van der Waals surface area contributed by atoms with Crippen LogP contribution in [0.15, 0.2) is 35.5 Å². The number of hydrogen-bond acceptors (Lipinski definition) is 7. The molecule has 2 N–H and O–H groups in total. The molecule has 0 unspecified atom stereocenters. The van der Waals surface area contributed by atoms with E-state index in [1.54, 1.807) is 0 Å². The van der Waals surface area contributed by atoms with E-state index in [0.717, 1.165) is 17.1 Å².